The van der Waals surface area contributed by atoms with Crippen LogP contribution in [0.3, 0.4) is 0 Å². The van der Waals surface area contributed by atoms with Gasteiger partial charge in [-0.3, -0.25) is 0 Å². The SMILES string of the molecule is COc1nc2c(cc1C(N)=S)CCCC2. The van der Waals surface area contributed by atoms with Gasteiger partial charge >= 0.3 is 0 Å². The van der Waals surface area contributed by atoms with Crippen molar-refractivity contribution in [2.75, 3.05) is 7.11 Å². The number of nitrogens with zero attached hydrogens (tertiary/aromatic N) is 1. The minimum Gasteiger partial charge on any atom is -0.480 e. The zero-order valence-electron chi connectivity index (χ0n) is 8.75. The van der Waals surface area contributed by atoms with E-state index in [0.29, 0.717) is 10.9 Å². The van der Waals surface area contributed by atoms with E-state index in [9.17, 15) is 0 Å². The monoisotopic (exact) mass is 222 g/mol. The minimum atomic E-state index is 0.354. The highest BCUT2D eigenvalue weighted by Gasteiger charge is 2.16. The molecule has 2 rings (SSSR count). The fourth-order valence-electron chi connectivity index (χ4n) is 1.95. The van der Waals surface area contributed by atoms with E-state index in [-0.39, 0.29) is 0 Å². The quantitative estimate of drug-likeness (QED) is 0.772. The highest BCUT2D eigenvalue weighted by Crippen LogP contribution is 2.25. The Balaban J connectivity index is 2.51. The molecule has 0 bridgehead atoms. The number of rotatable bonds is 2. The molecule has 3 nitrogen and oxygen atoms in total. The molecule has 2 N–H and O–H groups in total. The van der Waals surface area contributed by atoms with Crippen LogP contribution in [0.5, 0.6) is 5.88 Å². The third kappa shape index (κ3) is 1.95. The third-order valence-electron chi connectivity index (χ3n) is 2.72. The standard InChI is InChI=1S/C11H14N2OS/c1-14-11-8(10(12)15)6-7-4-2-3-5-9(7)13-11/h6H,2-5H2,1H3,(H2,12,15). The number of aryl methyl sites for hydroxylation is 2. The first-order valence-electron chi connectivity index (χ1n) is 5.09. The number of nitrogens with two attached hydrogens (primary N) is 1. The van der Waals surface area contributed by atoms with E-state index < -0.39 is 0 Å². The van der Waals surface area contributed by atoms with Crippen LogP contribution in [0.4, 0.5) is 0 Å². The first-order chi connectivity index (χ1) is 7.22. The van der Waals surface area contributed by atoms with Gasteiger partial charge in [0.15, 0.2) is 0 Å². The van der Waals surface area contributed by atoms with E-state index in [1.165, 1.54) is 18.4 Å². The number of methoxy groups -OCH3 is 1. The second kappa shape index (κ2) is 4.14. The summed E-state index contributed by atoms with van der Waals surface area (Å²) >= 11 is 4.98. The average Bonchev–Trinajstić information content (AvgIpc) is 2.27. The Kier molecular flexibility index (Phi) is 2.86. The fourth-order valence-corrected chi connectivity index (χ4v) is 2.09. The van der Waals surface area contributed by atoms with Crippen LogP contribution in [0.15, 0.2) is 6.07 Å². The first kappa shape index (κ1) is 10.4. The second-order valence-electron chi connectivity index (χ2n) is 3.72. The molecule has 0 saturated carbocycles. The van der Waals surface area contributed by atoms with Gasteiger partial charge in [0.05, 0.1) is 12.7 Å². The molecule has 0 amide bonds. The smallest absolute Gasteiger partial charge is 0.223 e. The van der Waals surface area contributed by atoms with Gasteiger partial charge in [0.2, 0.25) is 5.88 Å². The van der Waals surface area contributed by atoms with Crippen LogP contribution in [0.1, 0.15) is 29.7 Å². The van der Waals surface area contributed by atoms with E-state index in [0.717, 1.165) is 24.1 Å². The van der Waals surface area contributed by atoms with E-state index in [4.69, 9.17) is 22.7 Å². The predicted molar refractivity (Wildman–Crippen MR) is 63.3 cm³/mol. The highest BCUT2D eigenvalue weighted by molar-refractivity contribution is 7.80. The van der Waals surface area contributed by atoms with Crippen molar-refractivity contribution in [2.45, 2.75) is 25.7 Å². The van der Waals surface area contributed by atoms with Gasteiger partial charge in [-0.1, -0.05) is 12.2 Å². The molecule has 15 heavy (non-hydrogen) atoms. The number of fused-ring (bicyclic) bond motifs is 1. The first-order valence-corrected chi connectivity index (χ1v) is 5.50. The van der Waals surface area contributed by atoms with Gasteiger partial charge in [-0.2, -0.15) is 0 Å². The number of hydrogen-bond donors (Lipinski definition) is 1. The fraction of sp³-hybridized carbons (Fsp3) is 0.455. The van der Waals surface area contributed by atoms with Gasteiger partial charge in [0.1, 0.15) is 4.99 Å². The van der Waals surface area contributed by atoms with Crippen molar-refractivity contribution in [3.8, 4) is 5.88 Å². The number of aromatic nitrogens is 1. The van der Waals surface area contributed by atoms with Crippen molar-refractivity contribution in [3.05, 3.63) is 22.9 Å². The Morgan fingerprint density at radius 3 is 2.87 bits per heavy atom. The van der Waals surface area contributed by atoms with Crippen molar-refractivity contribution in [1.82, 2.24) is 4.98 Å². The lowest BCUT2D eigenvalue weighted by atomic mass is 9.95. The van der Waals surface area contributed by atoms with Gasteiger partial charge < -0.3 is 10.5 Å². The van der Waals surface area contributed by atoms with Crippen molar-refractivity contribution in [1.29, 1.82) is 0 Å². The largest absolute Gasteiger partial charge is 0.480 e. The van der Waals surface area contributed by atoms with Gasteiger partial charge in [-0.25, -0.2) is 4.98 Å². The maximum atomic E-state index is 5.63. The van der Waals surface area contributed by atoms with Crippen molar-refractivity contribution >= 4 is 17.2 Å². The zero-order valence-corrected chi connectivity index (χ0v) is 9.56. The second-order valence-corrected chi connectivity index (χ2v) is 4.16. The average molecular weight is 222 g/mol. The van der Waals surface area contributed by atoms with E-state index in [1.807, 2.05) is 6.07 Å². The zero-order chi connectivity index (χ0) is 10.8. The Hall–Kier alpha value is -1.16. The summed E-state index contributed by atoms with van der Waals surface area (Å²) in [5.74, 6) is 0.558. The molecule has 0 unspecified atom stereocenters. The van der Waals surface area contributed by atoms with Crippen LogP contribution in [0, 0.1) is 0 Å². The lowest BCUT2D eigenvalue weighted by molar-refractivity contribution is 0.394. The summed E-state index contributed by atoms with van der Waals surface area (Å²) in [6, 6.07) is 2.03. The molecule has 1 aromatic heterocycles. The van der Waals surface area contributed by atoms with Crippen LogP contribution in [0.25, 0.3) is 0 Å². The Bertz CT molecular complexity index is 404. The summed E-state index contributed by atoms with van der Waals surface area (Å²) in [6.07, 6.45) is 4.53. The van der Waals surface area contributed by atoms with E-state index in [1.54, 1.807) is 7.11 Å². The molecule has 0 spiro atoms. The molecule has 1 aliphatic carbocycles. The van der Waals surface area contributed by atoms with Gasteiger partial charge in [-0.05, 0) is 37.3 Å². The molecule has 0 saturated heterocycles. The molecule has 80 valence electrons. The lowest BCUT2D eigenvalue weighted by Crippen LogP contribution is -2.15. The number of pyridine rings is 1. The summed E-state index contributed by atoms with van der Waals surface area (Å²) in [7, 11) is 1.60. The van der Waals surface area contributed by atoms with Crippen LogP contribution in [-0.4, -0.2) is 17.1 Å². The van der Waals surface area contributed by atoms with Crippen molar-refractivity contribution < 1.29 is 4.74 Å². The molecule has 0 atom stereocenters. The summed E-state index contributed by atoms with van der Waals surface area (Å²) in [4.78, 5) is 4.82. The van der Waals surface area contributed by atoms with Gasteiger partial charge in [-0.15, -0.1) is 0 Å². The normalized spacial score (nSPS) is 14.5. The van der Waals surface area contributed by atoms with Crippen LogP contribution >= 0.6 is 12.2 Å². The summed E-state index contributed by atoms with van der Waals surface area (Å²) in [5, 5.41) is 0. The predicted octanol–water partition coefficient (Wildman–Crippen LogP) is 1.60. The molecule has 1 heterocycles. The van der Waals surface area contributed by atoms with Crippen LogP contribution < -0.4 is 10.5 Å². The van der Waals surface area contributed by atoms with Crippen molar-refractivity contribution in [2.24, 2.45) is 5.73 Å². The van der Waals surface area contributed by atoms with Crippen LogP contribution in [0.2, 0.25) is 0 Å². The Labute approximate surface area is 94.6 Å². The van der Waals surface area contributed by atoms with Gasteiger partial charge in [0, 0.05) is 5.69 Å². The molecule has 4 heteroatoms. The topological polar surface area (TPSA) is 48.1 Å². The number of ether oxygens (including phenoxy) is 1. The summed E-state index contributed by atoms with van der Waals surface area (Å²) < 4.78 is 5.19. The molecule has 1 aromatic rings. The van der Waals surface area contributed by atoms with Gasteiger partial charge in [0.25, 0.3) is 0 Å². The highest BCUT2D eigenvalue weighted by atomic mass is 32.1. The third-order valence-corrected chi connectivity index (χ3v) is 2.94. The summed E-state index contributed by atoms with van der Waals surface area (Å²) in [5.41, 5.74) is 8.80. The van der Waals surface area contributed by atoms with E-state index >= 15 is 0 Å². The molecule has 1 aliphatic rings. The minimum absolute atomic E-state index is 0.354. The maximum Gasteiger partial charge on any atom is 0.223 e. The maximum absolute atomic E-state index is 5.63. The van der Waals surface area contributed by atoms with E-state index in [2.05, 4.69) is 4.98 Å². The number of hydrogen-bond acceptors (Lipinski definition) is 3. The Morgan fingerprint density at radius 2 is 2.20 bits per heavy atom. The molecule has 0 aromatic carbocycles. The van der Waals surface area contributed by atoms with Crippen LogP contribution in [-0.2, 0) is 12.8 Å². The lowest BCUT2D eigenvalue weighted by Gasteiger charge is -2.17. The van der Waals surface area contributed by atoms with Crippen molar-refractivity contribution in [3.63, 3.8) is 0 Å². The molecular formula is C11H14N2OS. The summed E-state index contributed by atoms with van der Waals surface area (Å²) in [6.45, 7) is 0. The number of thiocarbonyl (C=S) groups is 1. The Morgan fingerprint density at radius 1 is 1.47 bits per heavy atom. The molecule has 0 radical (unpaired) electrons. The molecular weight excluding hydrogens is 208 g/mol. The molecule has 0 aliphatic heterocycles. The molecule has 0 fully saturated rings.